The molecule has 0 bridgehead atoms. The number of hydrogen-bond acceptors (Lipinski definition) is 4. The lowest BCUT2D eigenvalue weighted by Gasteiger charge is -2.48. The van der Waals surface area contributed by atoms with E-state index in [1.54, 1.807) is 12.1 Å². The Balaban J connectivity index is 1.45. The summed E-state index contributed by atoms with van der Waals surface area (Å²) in [6.45, 7) is 9.83. The normalized spacial score (nSPS) is 22.2. The lowest BCUT2D eigenvalue weighted by Crippen LogP contribution is -2.52. The molecule has 34 heavy (non-hydrogen) atoms. The summed E-state index contributed by atoms with van der Waals surface area (Å²) in [7, 11) is 0. The van der Waals surface area contributed by atoms with Gasteiger partial charge in [0, 0.05) is 38.1 Å². The fraction of sp³-hybridized carbons (Fsp3) is 0.536. The van der Waals surface area contributed by atoms with Crippen LogP contribution in [0.1, 0.15) is 74.0 Å². The van der Waals surface area contributed by atoms with E-state index in [9.17, 15) is 9.18 Å². The molecule has 2 heterocycles. The maximum Gasteiger partial charge on any atom is 0.253 e. The van der Waals surface area contributed by atoms with Crippen molar-refractivity contribution in [3.63, 3.8) is 0 Å². The van der Waals surface area contributed by atoms with E-state index in [1.807, 2.05) is 56.9 Å². The summed E-state index contributed by atoms with van der Waals surface area (Å²) in [5.74, 6) is 0.590. The summed E-state index contributed by atoms with van der Waals surface area (Å²) in [6, 6.07) is 12.3. The molecule has 2 atom stereocenters. The zero-order valence-electron chi connectivity index (χ0n) is 20.7. The fourth-order valence-electron chi connectivity index (χ4n) is 5.20. The van der Waals surface area contributed by atoms with E-state index in [0.29, 0.717) is 31.7 Å². The molecule has 5 nitrogen and oxygen atoms in total. The second-order valence-corrected chi connectivity index (χ2v) is 9.80. The molecule has 2 fully saturated rings. The van der Waals surface area contributed by atoms with Crippen LogP contribution in [-0.2, 0) is 9.47 Å². The van der Waals surface area contributed by atoms with Gasteiger partial charge in [0.1, 0.15) is 11.6 Å². The number of likely N-dealkylation sites (tertiary alicyclic amines) is 1. The van der Waals surface area contributed by atoms with E-state index < -0.39 is 0 Å². The Morgan fingerprint density at radius 1 is 1.21 bits per heavy atom. The van der Waals surface area contributed by atoms with Crippen LogP contribution in [0.4, 0.5) is 4.39 Å². The molecule has 0 N–H and O–H groups in total. The first-order valence-electron chi connectivity index (χ1n) is 12.4. The third-order valence-corrected chi connectivity index (χ3v) is 6.84. The van der Waals surface area contributed by atoms with Gasteiger partial charge in [0.25, 0.3) is 5.91 Å². The average Bonchev–Trinajstić information content (AvgIpc) is 2.80. The number of benzene rings is 2. The standard InChI is InChI=1S/C28H36FNO4/c1-5-32-24-17-26(21-7-6-8-23(29)16-21)34-28(18-24)11-13-30(14-12-28)27(31)22-9-10-25(20(4)15-22)33-19(2)3/h6-10,15-16,19,24,26H,5,11-14,17-18H2,1-4H3/t24-,26-/m0/s1. The number of nitrogens with zero attached hydrogens (tertiary/aromatic N) is 1. The topological polar surface area (TPSA) is 48.0 Å². The average molecular weight is 470 g/mol. The van der Waals surface area contributed by atoms with Gasteiger partial charge in [0.2, 0.25) is 0 Å². The van der Waals surface area contributed by atoms with E-state index in [2.05, 4.69) is 0 Å². The number of piperidine rings is 1. The number of amides is 1. The maximum absolute atomic E-state index is 13.9. The van der Waals surface area contributed by atoms with Gasteiger partial charge in [-0.15, -0.1) is 0 Å². The van der Waals surface area contributed by atoms with Gasteiger partial charge in [-0.1, -0.05) is 12.1 Å². The summed E-state index contributed by atoms with van der Waals surface area (Å²) in [5.41, 5.74) is 2.12. The SMILES string of the molecule is CCO[C@H]1C[C@@H](c2cccc(F)c2)OC2(CCN(C(=O)c3ccc(OC(C)C)c(C)c3)CC2)C1. The first-order chi connectivity index (χ1) is 16.3. The third kappa shape index (κ3) is 5.61. The number of carbonyl (C=O) groups excluding carboxylic acids is 1. The highest BCUT2D eigenvalue weighted by atomic mass is 19.1. The van der Waals surface area contributed by atoms with E-state index in [4.69, 9.17) is 14.2 Å². The molecule has 0 saturated carbocycles. The van der Waals surface area contributed by atoms with Crippen molar-refractivity contribution < 1.29 is 23.4 Å². The van der Waals surface area contributed by atoms with Gasteiger partial charge in [-0.25, -0.2) is 4.39 Å². The Morgan fingerprint density at radius 2 is 1.97 bits per heavy atom. The summed E-state index contributed by atoms with van der Waals surface area (Å²) in [6.07, 6.45) is 2.93. The Labute approximate surface area is 202 Å². The van der Waals surface area contributed by atoms with Crippen LogP contribution in [0.3, 0.4) is 0 Å². The molecule has 2 aliphatic heterocycles. The van der Waals surface area contributed by atoms with Gasteiger partial charge in [-0.05, 0) is 82.0 Å². The van der Waals surface area contributed by atoms with E-state index in [0.717, 1.165) is 36.1 Å². The van der Waals surface area contributed by atoms with Crippen molar-refractivity contribution in [3.05, 3.63) is 65.0 Å². The number of aryl methyl sites for hydroxylation is 1. The first kappa shape index (κ1) is 24.7. The van der Waals surface area contributed by atoms with Crippen molar-refractivity contribution in [1.82, 2.24) is 4.90 Å². The number of carbonyl (C=O) groups is 1. The smallest absolute Gasteiger partial charge is 0.253 e. The number of halogens is 1. The number of ether oxygens (including phenoxy) is 3. The zero-order chi connectivity index (χ0) is 24.3. The van der Waals surface area contributed by atoms with Crippen molar-refractivity contribution in [1.29, 1.82) is 0 Å². The molecule has 6 heteroatoms. The van der Waals surface area contributed by atoms with Crippen LogP contribution in [0.5, 0.6) is 5.75 Å². The zero-order valence-corrected chi connectivity index (χ0v) is 20.7. The number of hydrogen-bond donors (Lipinski definition) is 0. The molecular formula is C28H36FNO4. The molecule has 2 aromatic carbocycles. The van der Waals surface area contributed by atoms with Crippen molar-refractivity contribution in [2.45, 2.75) is 77.3 Å². The van der Waals surface area contributed by atoms with E-state index >= 15 is 0 Å². The minimum absolute atomic E-state index is 0.0351. The van der Waals surface area contributed by atoms with Crippen LogP contribution >= 0.6 is 0 Å². The molecule has 0 aliphatic carbocycles. The molecule has 0 radical (unpaired) electrons. The van der Waals surface area contributed by atoms with Crippen LogP contribution in [0.25, 0.3) is 0 Å². The predicted octanol–water partition coefficient (Wildman–Crippen LogP) is 5.85. The largest absolute Gasteiger partial charge is 0.491 e. The van der Waals surface area contributed by atoms with Gasteiger partial charge in [-0.2, -0.15) is 0 Å². The second kappa shape index (κ2) is 10.4. The Hall–Kier alpha value is -2.44. The van der Waals surface area contributed by atoms with Gasteiger partial charge in [0.15, 0.2) is 0 Å². The van der Waals surface area contributed by atoms with Crippen LogP contribution in [0.2, 0.25) is 0 Å². The Bertz CT molecular complexity index is 1000. The first-order valence-corrected chi connectivity index (χ1v) is 12.4. The van der Waals surface area contributed by atoms with Crippen molar-refractivity contribution in [3.8, 4) is 5.75 Å². The van der Waals surface area contributed by atoms with Crippen LogP contribution in [-0.4, -0.2) is 48.3 Å². The van der Waals surface area contributed by atoms with Crippen molar-refractivity contribution in [2.24, 2.45) is 0 Å². The lowest BCUT2D eigenvalue weighted by atomic mass is 9.80. The van der Waals surface area contributed by atoms with Crippen molar-refractivity contribution in [2.75, 3.05) is 19.7 Å². The summed E-state index contributed by atoms with van der Waals surface area (Å²) in [4.78, 5) is 15.1. The van der Waals surface area contributed by atoms with Crippen LogP contribution in [0.15, 0.2) is 42.5 Å². The molecule has 2 saturated heterocycles. The molecule has 1 amide bonds. The predicted molar refractivity (Wildman–Crippen MR) is 130 cm³/mol. The summed E-state index contributed by atoms with van der Waals surface area (Å²) < 4.78 is 32.3. The summed E-state index contributed by atoms with van der Waals surface area (Å²) >= 11 is 0. The van der Waals surface area contributed by atoms with Gasteiger partial charge >= 0.3 is 0 Å². The van der Waals surface area contributed by atoms with Gasteiger partial charge in [0.05, 0.1) is 23.9 Å². The van der Waals surface area contributed by atoms with Gasteiger partial charge < -0.3 is 19.1 Å². The highest BCUT2D eigenvalue weighted by molar-refractivity contribution is 5.94. The highest BCUT2D eigenvalue weighted by Crippen LogP contribution is 2.44. The molecular weight excluding hydrogens is 433 g/mol. The lowest BCUT2D eigenvalue weighted by molar-refractivity contribution is -0.190. The molecule has 0 aromatic heterocycles. The molecule has 0 unspecified atom stereocenters. The monoisotopic (exact) mass is 469 g/mol. The van der Waals surface area contributed by atoms with E-state index in [1.165, 1.54) is 6.07 Å². The Morgan fingerprint density at radius 3 is 2.62 bits per heavy atom. The molecule has 184 valence electrons. The summed E-state index contributed by atoms with van der Waals surface area (Å²) in [5, 5.41) is 0. The van der Waals surface area contributed by atoms with Gasteiger partial charge in [-0.3, -0.25) is 4.79 Å². The van der Waals surface area contributed by atoms with Crippen LogP contribution in [0, 0.1) is 12.7 Å². The molecule has 1 spiro atoms. The highest BCUT2D eigenvalue weighted by Gasteiger charge is 2.45. The molecule has 2 aliphatic rings. The number of rotatable bonds is 6. The third-order valence-electron chi connectivity index (χ3n) is 6.84. The quantitative estimate of drug-likeness (QED) is 0.532. The second-order valence-electron chi connectivity index (χ2n) is 9.80. The van der Waals surface area contributed by atoms with E-state index in [-0.39, 0.29) is 35.6 Å². The minimum Gasteiger partial charge on any atom is -0.491 e. The van der Waals surface area contributed by atoms with Crippen LogP contribution < -0.4 is 4.74 Å². The maximum atomic E-state index is 13.9. The molecule has 4 rings (SSSR count). The fourth-order valence-corrected chi connectivity index (χ4v) is 5.20. The minimum atomic E-state index is -0.364. The molecule has 2 aromatic rings. The Kier molecular flexibility index (Phi) is 7.58. The van der Waals surface area contributed by atoms with Crippen molar-refractivity contribution >= 4 is 5.91 Å².